The summed E-state index contributed by atoms with van der Waals surface area (Å²) >= 11 is 6.90. The summed E-state index contributed by atoms with van der Waals surface area (Å²) in [5, 5.41) is 2.56. The number of methoxy groups -OCH3 is 1. The highest BCUT2D eigenvalue weighted by Crippen LogP contribution is 2.34. The Kier molecular flexibility index (Phi) is 6.25. The molecule has 4 rings (SSSR count). The van der Waals surface area contributed by atoms with Gasteiger partial charge in [0.2, 0.25) is 5.91 Å². The van der Waals surface area contributed by atoms with Crippen LogP contribution in [-0.2, 0) is 20.7 Å². The summed E-state index contributed by atoms with van der Waals surface area (Å²) in [4.78, 5) is 56.3. The van der Waals surface area contributed by atoms with E-state index in [0.717, 1.165) is 17.4 Å². The number of thiazole rings is 1. The van der Waals surface area contributed by atoms with Gasteiger partial charge in [-0.2, -0.15) is 0 Å². The lowest BCUT2D eigenvalue weighted by Crippen LogP contribution is -2.45. The number of carbonyl (C=O) groups excluding carboxylic acids is 4. The molecule has 0 radical (unpaired) electrons. The molecule has 2 amide bonds. The molecule has 1 aliphatic heterocycles. The number of carbonyl (C=O) groups is 4. The molecule has 2 heterocycles. The fraction of sp³-hybridized carbons (Fsp3) is 0.381. The van der Waals surface area contributed by atoms with Gasteiger partial charge < -0.3 is 9.64 Å². The van der Waals surface area contributed by atoms with Crippen molar-refractivity contribution in [2.75, 3.05) is 19.0 Å². The summed E-state index contributed by atoms with van der Waals surface area (Å²) in [5.74, 6) is -3.22. The van der Waals surface area contributed by atoms with Crippen molar-refractivity contribution in [3.05, 3.63) is 45.2 Å². The van der Waals surface area contributed by atoms with Gasteiger partial charge in [-0.25, -0.2) is 14.2 Å². The first-order valence-electron chi connectivity index (χ1n) is 9.96. The van der Waals surface area contributed by atoms with Crippen LogP contribution in [0.1, 0.15) is 45.0 Å². The summed E-state index contributed by atoms with van der Waals surface area (Å²) in [6.07, 6.45) is 1.40. The van der Waals surface area contributed by atoms with Crippen LogP contribution < -0.4 is 5.32 Å². The Balaban J connectivity index is 1.51. The van der Waals surface area contributed by atoms with Crippen LogP contribution in [0.25, 0.3) is 0 Å². The molecule has 8 nitrogen and oxygen atoms in total. The number of amides is 2. The van der Waals surface area contributed by atoms with E-state index < -0.39 is 29.7 Å². The second-order valence-electron chi connectivity index (χ2n) is 7.59. The third-order valence-corrected chi connectivity index (χ3v) is 6.96. The normalized spacial score (nSPS) is 20.1. The number of hydrogen-bond donors (Lipinski definition) is 1. The van der Waals surface area contributed by atoms with Gasteiger partial charge in [0.05, 0.1) is 34.2 Å². The number of benzene rings is 1. The molecular weight excluding hydrogens is 461 g/mol. The fourth-order valence-corrected chi connectivity index (χ4v) is 5.26. The van der Waals surface area contributed by atoms with Gasteiger partial charge in [-0.1, -0.05) is 29.0 Å². The monoisotopic (exact) mass is 479 g/mol. The number of halogens is 2. The van der Waals surface area contributed by atoms with E-state index >= 15 is 0 Å². The van der Waals surface area contributed by atoms with Gasteiger partial charge in [0.15, 0.2) is 10.9 Å². The Morgan fingerprint density at radius 2 is 2.09 bits per heavy atom. The van der Waals surface area contributed by atoms with Crippen LogP contribution in [0.3, 0.4) is 0 Å². The van der Waals surface area contributed by atoms with Crippen molar-refractivity contribution >= 4 is 51.6 Å². The molecule has 0 bridgehead atoms. The highest BCUT2D eigenvalue weighted by Gasteiger charge is 2.41. The Labute approximate surface area is 191 Å². The van der Waals surface area contributed by atoms with Crippen LogP contribution >= 0.6 is 22.9 Å². The quantitative estimate of drug-likeness (QED) is 0.675. The lowest BCUT2D eigenvalue weighted by Gasteiger charge is -2.28. The number of ether oxygens (including phenoxy) is 1. The number of anilines is 1. The van der Waals surface area contributed by atoms with Gasteiger partial charge in [-0.15, -0.1) is 0 Å². The second-order valence-corrected chi connectivity index (χ2v) is 8.99. The minimum atomic E-state index is -0.780. The number of nitrogens with one attached hydrogen (secondary N) is 1. The zero-order valence-corrected chi connectivity index (χ0v) is 18.6. The van der Waals surface area contributed by atoms with E-state index in [0.29, 0.717) is 30.0 Å². The highest BCUT2D eigenvalue weighted by atomic mass is 35.5. The standard InChI is InChI=1S/C21H19ClFN3O5S/c1-31-20(30)14-6-3-7-26(14)19(29)10-8-13-17(15(27)9-10)32-21(24-13)25-18(28)16-11(22)4-2-5-12(16)23/h2,4-5,10,14H,3,6-9H2,1H3,(H,24,25,28)/t10-,14-/m0/s1. The third-order valence-electron chi connectivity index (χ3n) is 5.59. The number of fused-ring (bicyclic) bond motifs is 1. The molecule has 1 aromatic carbocycles. The van der Waals surface area contributed by atoms with Crippen LogP contribution in [0.4, 0.5) is 9.52 Å². The molecule has 1 fully saturated rings. The first-order chi connectivity index (χ1) is 15.3. The predicted molar refractivity (Wildman–Crippen MR) is 114 cm³/mol. The molecule has 1 aliphatic carbocycles. The number of Topliss-reactive ketones (excluding diaryl/α,β-unsaturated/α-hetero) is 1. The van der Waals surface area contributed by atoms with Gasteiger partial charge >= 0.3 is 5.97 Å². The van der Waals surface area contributed by atoms with Crippen molar-refractivity contribution in [1.82, 2.24) is 9.88 Å². The number of likely N-dealkylation sites (tertiary alicyclic amines) is 1. The van der Waals surface area contributed by atoms with Gasteiger partial charge in [0, 0.05) is 19.4 Å². The summed E-state index contributed by atoms with van der Waals surface area (Å²) in [6.45, 7) is 0.428. The molecule has 1 aromatic heterocycles. The first-order valence-corrected chi connectivity index (χ1v) is 11.2. The van der Waals surface area contributed by atoms with E-state index in [1.165, 1.54) is 24.1 Å². The van der Waals surface area contributed by atoms with Crippen LogP contribution in [0, 0.1) is 11.7 Å². The topological polar surface area (TPSA) is 106 Å². The molecular formula is C21H19ClFN3O5S. The number of nitrogens with zero attached hydrogens (tertiary/aromatic N) is 2. The highest BCUT2D eigenvalue weighted by molar-refractivity contribution is 7.17. The lowest BCUT2D eigenvalue weighted by atomic mass is 9.88. The van der Waals surface area contributed by atoms with Gasteiger partial charge in [-0.3, -0.25) is 19.7 Å². The number of rotatable bonds is 4. The second kappa shape index (κ2) is 8.95. The molecule has 32 heavy (non-hydrogen) atoms. The smallest absolute Gasteiger partial charge is 0.328 e. The van der Waals surface area contributed by atoms with E-state index in [2.05, 4.69) is 10.3 Å². The van der Waals surface area contributed by atoms with Crippen LogP contribution in [0.2, 0.25) is 5.02 Å². The van der Waals surface area contributed by atoms with Crippen molar-refractivity contribution in [3.63, 3.8) is 0 Å². The minimum absolute atomic E-state index is 0.00898. The van der Waals surface area contributed by atoms with E-state index in [-0.39, 0.29) is 40.2 Å². The number of esters is 1. The third kappa shape index (κ3) is 4.12. The largest absolute Gasteiger partial charge is 0.467 e. The molecule has 168 valence electrons. The van der Waals surface area contributed by atoms with E-state index in [1.807, 2.05) is 0 Å². The molecule has 0 unspecified atom stereocenters. The molecule has 11 heteroatoms. The van der Waals surface area contributed by atoms with Gasteiger partial charge in [0.25, 0.3) is 5.91 Å². The fourth-order valence-electron chi connectivity index (χ4n) is 4.08. The van der Waals surface area contributed by atoms with Gasteiger partial charge in [0.1, 0.15) is 11.9 Å². The summed E-state index contributed by atoms with van der Waals surface area (Å²) in [5.41, 5.74) is 0.0814. The van der Waals surface area contributed by atoms with E-state index in [4.69, 9.17) is 16.3 Å². The maximum absolute atomic E-state index is 14.0. The maximum atomic E-state index is 14.0. The van der Waals surface area contributed by atoms with Crippen molar-refractivity contribution in [3.8, 4) is 0 Å². The number of hydrogen-bond acceptors (Lipinski definition) is 7. The average molecular weight is 480 g/mol. The summed E-state index contributed by atoms with van der Waals surface area (Å²) in [6, 6.07) is 3.26. The summed E-state index contributed by atoms with van der Waals surface area (Å²) < 4.78 is 18.8. The molecule has 0 saturated carbocycles. The summed E-state index contributed by atoms with van der Waals surface area (Å²) in [7, 11) is 1.28. The Bertz CT molecular complexity index is 1100. The molecule has 2 aliphatic rings. The Hall–Kier alpha value is -2.85. The zero-order valence-electron chi connectivity index (χ0n) is 17.0. The average Bonchev–Trinajstić information content (AvgIpc) is 3.39. The Morgan fingerprint density at radius 3 is 2.81 bits per heavy atom. The molecule has 1 N–H and O–H groups in total. The van der Waals surface area contributed by atoms with E-state index in [1.54, 1.807) is 0 Å². The number of ketones is 1. The van der Waals surface area contributed by atoms with Crippen molar-refractivity contribution in [1.29, 1.82) is 0 Å². The molecule has 2 atom stereocenters. The van der Waals surface area contributed by atoms with Crippen molar-refractivity contribution < 1.29 is 28.3 Å². The predicted octanol–water partition coefficient (Wildman–Crippen LogP) is 3.10. The van der Waals surface area contributed by atoms with Crippen molar-refractivity contribution in [2.45, 2.75) is 31.7 Å². The lowest BCUT2D eigenvalue weighted by molar-refractivity contribution is -0.152. The SMILES string of the molecule is COC(=O)[C@@H]1CCCN1C(=O)[C@@H]1CC(=O)c2sc(NC(=O)c3c(F)cccc3Cl)nc2C1. The van der Waals surface area contributed by atoms with Crippen LogP contribution in [-0.4, -0.2) is 53.1 Å². The van der Waals surface area contributed by atoms with Crippen molar-refractivity contribution in [2.24, 2.45) is 5.92 Å². The molecule has 0 spiro atoms. The van der Waals surface area contributed by atoms with Crippen LogP contribution in [0.5, 0.6) is 0 Å². The number of aromatic nitrogens is 1. The molecule has 1 saturated heterocycles. The van der Waals surface area contributed by atoms with Crippen LogP contribution in [0.15, 0.2) is 18.2 Å². The minimum Gasteiger partial charge on any atom is -0.467 e. The molecule has 2 aromatic rings. The Morgan fingerprint density at radius 1 is 1.31 bits per heavy atom. The zero-order chi connectivity index (χ0) is 23.0. The maximum Gasteiger partial charge on any atom is 0.328 e. The van der Waals surface area contributed by atoms with Gasteiger partial charge in [-0.05, 0) is 25.0 Å². The van der Waals surface area contributed by atoms with E-state index in [9.17, 15) is 23.6 Å². The first kappa shape index (κ1) is 22.3.